The lowest BCUT2D eigenvalue weighted by Crippen LogP contribution is -2.55. The summed E-state index contributed by atoms with van der Waals surface area (Å²) < 4.78 is 0. The second kappa shape index (κ2) is 9.88. The van der Waals surface area contributed by atoms with Crippen LogP contribution < -0.4 is 0 Å². The summed E-state index contributed by atoms with van der Waals surface area (Å²) in [5.41, 5.74) is 0.839. The van der Waals surface area contributed by atoms with Gasteiger partial charge in [0.15, 0.2) is 5.78 Å². The molecule has 5 rings (SSSR count). The molecule has 1 aliphatic carbocycles. The van der Waals surface area contributed by atoms with Crippen molar-refractivity contribution in [3.8, 4) is 0 Å². The van der Waals surface area contributed by atoms with Crippen LogP contribution in [0, 0.1) is 16.0 Å². The summed E-state index contributed by atoms with van der Waals surface area (Å²) in [6, 6.07) is 35.3. The lowest BCUT2D eigenvalue weighted by atomic mass is 9.56. The predicted octanol–water partition coefficient (Wildman–Crippen LogP) is 5.99. The number of carbonyl (C=O) groups is 1. The van der Waals surface area contributed by atoms with Crippen LogP contribution in [-0.2, 0) is 5.60 Å². The SMILES string of the molecule is O=C(c1ccccc1)[C@H]1[C@H](c2ccccc2)[C@@H]([N+](=O)[O-])[C@H](c2ccccc2)C[C@]1(O)c1ccccc1. The van der Waals surface area contributed by atoms with E-state index in [1.807, 2.05) is 97.1 Å². The third-order valence-corrected chi connectivity index (χ3v) is 7.46. The molecule has 0 heterocycles. The molecule has 4 aromatic carbocycles. The van der Waals surface area contributed by atoms with Gasteiger partial charge in [-0.15, -0.1) is 0 Å². The summed E-state index contributed by atoms with van der Waals surface area (Å²) in [7, 11) is 0. The highest BCUT2D eigenvalue weighted by Gasteiger charge is 2.61. The molecular formula is C31H27NO4. The molecule has 0 amide bonds. The summed E-state index contributed by atoms with van der Waals surface area (Å²) in [4.78, 5) is 26.7. The molecule has 5 heteroatoms. The molecule has 1 aliphatic rings. The first kappa shape index (κ1) is 23.6. The Labute approximate surface area is 210 Å². The van der Waals surface area contributed by atoms with Crippen LogP contribution in [0.25, 0.3) is 0 Å². The van der Waals surface area contributed by atoms with Crippen LogP contribution in [-0.4, -0.2) is 21.9 Å². The van der Waals surface area contributed by atoms with Gasteiger partial charge in [0.25, 0.3) is 0 Å². The number of ketones is 1. The zero-order valence-electron chi connectivity index (χ0n) is 19.7. The summed E-state index contributed by atoms with van der Waals surface area (Å²) in [6.45, 7) is 0. The van der Waals surface area contributed by atoms with Crippen molar-refractivity contribution >= 4 is 5.78 Å². The topological polar surface area (TPSA) is 80.4 Å². The van der Waals surface area contributed by atoms with E-state index in [-0.39, 0.29) is 17.1 Å². The Balaban J connectivity index is 1.79. The van der Waals surface area contributed by atoms with Gasteiger partial charge in [-0.2, -0.15) is 0 Å². The highest BCUT2D eigenvalue weighted by Crippen LogP contribution is 2.55. The van der Waals surface area contributed by atoms with E-state index in [2.05, 4.69) is 0 Å². The van der Waals surface area contributed by atoms with Crippen LogP contribution in [0.2, 0.25) is 0 Å². The molecule has 1 N–H and O–H groups in total. The second-order valence-electron chi connectivity index (χ2n) is 9.43. The number of benzene rings is 4. The van der Waals surface area contributed by atoms with Crippen molar-refractivity contribution < 1.29 is 14.8 Å². The fourth-order valence-electron chi connectivity index (χ4n) is 5.87. The summed E-state index contributed by atoms with van der Waals surface area (Å²) in [5.74, 6) is -2.80. The van der Waals surface area contributed by atoms with Crippen LogP contribution in [0.3, 0.4) is 0 Å². The minimum atomic E-state index is -1.62. The van der Waals surface area contributed by atoms with Crippen LogP contribution in [0.5, 0.6) is 0 Å². The Kier molecular flexibility index (Phi) is 6.49. The molecule has 0 radical (unpaired) electrons. The van der Waals surface area contributed by atoms with E-state index in [1.54, 1.807) is 24.3 Å². The van der Waals surface area contributed by atoms with Gasteiger partial charge in [-0.3, -0.25) is 14.9 Å². The van der Waals surface area contributed by atoms with Crippen molar-refractivity contribution in [2.24, 2.45) is 5.92 Å². The molecule has 0 bridgehead atoms. The third-order valence-electron chi connectivity index (χ3n) is 7.46. The Hall–Kier alpha value is -4.09. The van der Waals surface area contributed by atoms with Gasteiger partial charge in [0.1, 0.15) is 5.60 Å². The van der Waals surface area contributed by atoms with Gasteiger partial charge in [0.2, 0.25) is 6.04 Å². The van der Waals surface area contributed by atoms with Crippen molar-refractivity contribution in [1.29, 1.82) is 0 Å². The molecule has 5 nitrogen and oxygen atoms in total. The molecular weight excluding hydrogens is 450 g/mol. The summed E-state index contributed by atoms with van der Waals surface area (Å²) >= 11 is 0. The summed E-state index contributed by atoms with van der Waals surface area (Å²) in [5, 5.41) is 25.3. The van der Waals surface area contributed by atoms with Gasteiger partial charge >= 0.3 is 0 Å². The fourth-order valence-corrected chi connectivity index (χ4v) is 5.87. The lowest BCUT2D eigenvalue weighted by molar-refractivity contribution is -0.538. The fraction of sp³-hybridized carbons (Fsp3) is 0.194. The molecule has 4 aromatic rings. The predicted molar refractivity (Wildman–Crippen MR) is 138 cm³/mol. The maximum atomic E-state index is 14.2. The average molecular weight is 478 g/mol. The molecule has 0 aromatic heterocycles. The number of nitrogens with zero attached hydrogens (tertiary/aromatic N) is 1. The largest absolute Gasteiger partial charge is 0.384 e. The molecule has 0 saturated heterocycles. The van der Waals surface area contributed by atoms with Crippen molar-refractivity contribution in [3.63, 3.8) is 0 Å². The minimum absolute atomic E-state index is 0.0548. The number of Topliss-reactive ketones (excluding diaryl/α,β-unsaturated/α-hetero) is 1. The van der Waals surface area contributed by atoms with Crippen molar-refractivity contribution in [2.75, 3.05) is 0 Å². The average Bonchev–Trinajstić information content (AvgIpc) is 2.94. The van der Waals surface area contributed by atoms with Crippen LogP contribution in [0.15, 0.2) is 121 Å². The smallest absolute Gasteiger partial charge is 0.227 e. The molecule has 1 saturated carbocycles. The Bertz CT molecular complexity index is 1330. The van der Waals surface area contributed by atoms with Gasteiger partial charge in [-0.25, -0.2) is 0 Å². The highest BCUT2D eigenvalue weighted by atomic mass is 16.6. The van der Waals surface area contributed by atoms with Gasteiger partial charge in [-0.1, -0.05) is 121 Å². The number of aliphatic hydroxyl groups is 1. The number of rotatable bonds is 6. The minimum Gasteiger partial charge on any atom is -0.384 e. The Morgan fingerprint density at radius 1 is 0.750 bits per heavy atom. The zero-order chi connectivity index (χ0) is 25.1. The van der Waals surface area contributed by atoms with Crippen LogP contribution in [0.1, 0.15) is 45.3 Å². The molecule has 0 spiro atoms. The van der Waals surface area contributed by atoms with E-state index >= 15 is 0 Å². The van der Waals surface area contributed by atoms with Gasteiger partial charge in [0, 0.05) is 10.5 Å². The second-order valence-corrected chi connectivity index (χ2v) is 9.43. The first-order chi connectivity index (χ1) is 17.5. The number of hydrogen-bond donors (Lipinski definition) is 1. The van der Waals surface area contributed by atoms with E-state index in [0.29, 0.717) is 16.7 Å². The van der Waals surface area contributed by atoms with Crippen molar-refractivity contribution in [3.05, 3.63) is 154 Å². The van der Waals surface area contributed by atoms with E-state index in [0.717, 1.165) is 5.56 Å². The highest BCUT2D eigenvalue weighted by molar-refractivity contribution is 5.99. The monoisotopic (exact) mass is 477 g/mol. The quantitative estimate of drug-likeness (QED) is 0.210. The molecule has 0 unspecified atom stereocenters. The first-order valence-electron chi connectivity index (χ1n) is 12.1. The van der Waals surface area contributed by atoms with Gasteiger partial charge in [-0.05, 0) is 23.1 Å². The number of nitro groups is 1. The van der Waals surface area contributed by atoms with E-state index < -0.39 is 29.4 Å². The Morgan fingerprint density at radius 2 is 1.22 bits per heavy atom. The van der Waals surface area contributed by atoms with Crippen LogP contribution >= 0.6 is 0 Å². The van der Waals surface area contributed by atoms with E-state index in [4.69, 9.17) is 0 Å². The molecule has 5 atom stereocenters. The van der Waals surface area contributed by atoms with E-state index in [1.165, 1.54) is 0 Å². The summed E-state index contributed by atoms with van der Waals surface area (Å²) in [6.07, 6.45) is 0.0548. The standard InChI is InChI=1S/C31H27NO4/c33-30(24-17-9-3-10-18-24)28-27(23-15-7-2-8-16-23)29(32(35)36)26(22-13-5-1-6-14-22)21-31(28,34)25-19-11-4-12-20-25/h1-20,26-29,34H,21H2/t26-,27-,28+,29-,31-/m0/s1. The zero-order valence-corrected chi connectivity index (χ0v) is 19.7. The number of hydrogen-bond acceptors (Lipinski definition) is 4. The Morgan fingerprint density at radius 3 is 1.75 bits per heavy atom. The van der Waals surface area contributed by atoms with Crippen LogP contribution in [0.4, 0.5) is 0 Å². The third kappa shape index (κ3) is 4.23. The lowest BCUT2D eigenvalue weighted by Gasteiger charge is -2.48. The maximum Gasteiger partial charge on any atom is 0.227 e. The van der Waals surface area contributed by atoms with E-state index in [9.17, 15) is 20.0 Å². The maximum absolute atomic E-state index is 14.2. The first-order valence-corrected chi connectivity index (χ1v) is 12.1. The molecule has 36 heavy (non-hydrogen) atoms. The molecule has 180 valence electrons. The van der Waals surface area contributed by atoms with Gasteiger partial charge in [0.05, 0.1) is 17.8 Å². The molecule has 1 fully saturated rings. The number of carbonyl (C=O) groups excluding carboxylic acids is 1. The molecule has 0 aliphatic heterocycles. The van der Waals surface area contributed by atoms with Gasteiger partial charge < -0.3 is 5.11 Å². The normalized spacial score (nSPS) is 25.7. The van der Waals surface area contributed by atoms with Crippen molar-refractivity contribution in [2.45, 2.75) is 29.9 Å². The van der Waals surface area contributed by atoms with Crippen molar-refractivity contribution in [1.82, 2.24) is 0 Å².